The first-order chi connectivity index (χ1) is 8.41. The standard InChI is InChI=1S/C14H24N2OS/c1-9(2)13(10(3)4)7-16-6-12-5-11(8-18-12)14(15)17/h5,8-10,13,16H,6-7H2,1-4H3,(H2,15,17). The van der Waals surface area contributed by atoms with Gasteiger partial charge in [0.2, 0.25) is 5.91 Å². The average Bonchev–Trinajstić information content (AvgIpc) is 2.71. The fourth-order valence-electron chi connectivity index (χ4n) is 2.21. The van der Waals surface area contributed by atoms with Gasteiger partial charge in [-0.1, -0.05) is 27.7 Å². The number of nitrogens with two attached hydrogens (primary N) is 1. The Hall–Kier alpha value is -0.870. The van der Waals surface area contributed by atoms with Gasteiger partial charge in [0.1, 0.15) is 0 Å². The van der Waals surface area contributed by atoms with Crippen LogP contribution in [-0.2, 0) is 6.54 Å². The van der Waals surface area contributed by atoms with E-state index in [2.05, 4.69) is 33.0 Å². The number of primary amides is 1. The second-order valence-corrected chi connectivity index (χ2v) is 6.44. The summed E-state index contributed by atoms with van der Waals surface area (Å²) in [6.45, 7) is 10.9. The maximum Gasteiger partial charge on any atom is 0.249 e. The number of hydrogen-bond donors (Lipinski definition) is 2. The number of carbonyl (C=O) groups is 1. The lowest BCUT2D eigenvalue weighted by Gasteiger charge is -2.25. The highest BCUT2D eigenvalue weighted by atomic mass is 32.1. The van der Waals surface area contributed by atoms with Crippen molar-refractivity contribution in [3.63, 3.8) is 0 Å². The van der Waals surface area contributed by atoms with Crippen molar-refractivity contribution in [3.8, 4) is 0 Å². The van der Waals surface area contributed by atoms with Crippen LogP contribution < -0.4 is 11.1 Å². The Morgan fingerprint density at radius 3 is 2.39 bits per heavy atom. The van der Waals surface area contributed by atoms with Crippen molar-refractivity contribution in [1.82, 2.24) is 5.32 Å². The summed E-state index contributed by atoms with van der Waals surface area (Å²) in [4.78, 5) is 12.1. The van der Waals surface area contributed by atoms with Gasteiger partial charge in [-0.3, -0.25) is 4.79 Å². The van der Waals surface area contributed by atoms with Crippen molar-refractivity contribution in [1.29, 1.82) is 0 Å². The van der Waals surface area contributed by atoms with E-state index in [0.717, 1.165) is 18.0 Å². The molecule has 4 heteroatoms. The van der Waals surface area contributed by atoms with Crippen LogP contribution in [0.25, 0.3) is 0 Å². The zero-order valence-corrected chi connectivity index (χ0v) is 12.5. The predicted molar refractivity (Wildman–Crippen MR) is 77.7 cm³/mol. The summed E-state index contributed by atoms with van der Waals surface area (Å²) in [6.07, 6.45) is 0. The zero-order chi connectivity index (χ0) is 13.7. The number of hydrogen-bond acceptors (Lipinski definition) is 3. The van der Waals surface area contributed by atoms with Gasteiger partial charge in [-0.2, -0.15) is 0 Å². The molecule has 1 aromatic heterocycles. The first kappa shape index (κ1) is 15.2. The van der Waals surface area contributed by atoms with Crippen molar-refractivity contribution in [3.05, 3.63) is 21.9 Å². The maximum atomic E-state index is 11.0. The summed E-state index contributed by atoms with van der Waals surface area (Å²) in [5.41, 5.74) is 5.84. The minimum absolute atomic E-state index is 0.347. The third-order valence-electron chi connectivity index (χ3n) is 3.33. The summed E-state index contributed by atoms with van der Waals surface area (Å²) in [5, 5.41) is 5.30. The van der Waals surface area contributed by atoms with Gasteiger partial charge in [0.15, 0.2) is 0 Å². The SMILES string of the molecule is CC(C)C(CNCc1cc(C(N)=O)cs1)C(C)C. The molecule has 1 aromatic rings. The molecule has 0 radical (unpaired) electrons. The largest absolute Gasteiger partial charge is 0.366 e. The van der Waals surface area contributed by atoms with Gasteiger partial charge in [0.05, 0.1) is 5.56 Å². The molecule has 0 aliphatic heterocycles. The van der Waals surface area contributed by atoms with Crippen LogP contribution in [0.5, 0.6) is 0 Å². The zero-order valence-electron chi connectivity index (χ0n) is 11.7. The molecule has 1 amide bonds. The van der Waals surface area contributed by atoms with Gasteiger partial charge >= 0.3 is 0 Å². The van der Waals surface area contributed by atoms with Crippen LogP contribution in [0.4, 0.5) is 0 Å². The second-order valence-electron chi connectivity index (χ2n) is 5.45. The molecule has 0 spiro atoms. The quantitative estimate of drug-likeness (QED) is 0.799. The third-order valence-corrected chi connectivity index (χ3v) is 4.27. The lowest BCUT2D eigenvalue weighted by atomic mass is 9.85. The van der Waals surface area contributed by atoms with Crippen LogP contribution in [0.3, 0.4) is 0 Å². The molecule has 3 N–H and O–H groups in total. The summed E-state index contributed by atoms with van der Waals surface area (Å²) < 4.78 is 0. The van der Waals surface area contributed by atoms with Gasteiger partial charge in [0, 0.05) is 16.8 Å². The minimum atomic E-state index is -0.347. The predicted octanol–water partition coefficient (Wildman–Crippen LogP) is 2.86. The molecule has 0 aromatic carbocycles. The molecular formula is C14H24N2OS. The number of amides is 1. The van der Waals surface area contributed by atoms with E-state index in [1.54, 1.807) is 11.3 Å². The molecule has 1 rings (SSSR count). The topological polar surface area (TPSA) is 55.1 Å². The average molecular weight is 268 g/mol. The van der Waals surface area contributed by atoms with Gasteiger partial charge in [-0.25, -0.2) is 0 Å². The highest BCUT2D eigenvalue weighted by molar-refractivity contribution is 7.10. The summed E-state index contributed by atoms with van der Waals surface area (Å²) in [7, 11) is 0. The number of nitrogens with one attached hydrogen (secondary N) is 1. The Morgan fingerprint density at radius 2 is 1.94 bits per heavy atom. The van der Waals surface area contributed by atoms with Crippen LogP contribution in [0.15, 0.2) is 11.4 Å². The molecule has 0 unspecified atom stereocenters. The first-order valence-electron chi connectivity index (χ1n) is 6.49. The third kappa shape index (κ3) is 4.42. The first-order valence-corrected chi connectivity index (χ1v) is 7.37. The number of thiophene rings is 1. The molecule has 0 saturated heterocycles. The molecule has 0 aliphatic carbocycles. The van der Waals surface area contributed by atoms with Gasteiger partial charge in [-0.05, 0) is 30.4 Å². The van der Waals surface area contributed by atoms with Crippen LogP contribution >= 0.6 is 11.3 Å². The van der Waals surface area contributed by atoms with E-state index in [1.807, 2.05) is 11.4 Å². The summed E-state index contributed by atoms with van der Waals surface area (Å²) in [5.74, 6) is 1.70. The molecule has 1 heterocycles. The molecule has 0 bridgehead atoms. The Bertz CT molecular complexity index is 377. The summed E-state index contributed by atoms with van der Waals surface area (Å²) in [6, 6.07) is 1.87. The van der Waals surface area contributed by atoms with Crippen molar-refractivity contribution in [2.24, 2.45) is 23.5 Å². The van der Waals surface area contributed by atoms with E-state index in [4.69, 9.17) is 5.73 Å². The van der Waals surface area contributed by atoms with Crippen LogP contribution in [0.1, 0.15) is 42.9 Å². The van der Waals surface area contributed by atoms with Gasteiger partial charge in [-0.15, -0.1) is 11.3 Å². The van der Waals surface area contributed by atoms with Crippen molar-refractivity contribution < 1.29 is 4.79 Å². The van der Waals surface area contributed by atoms with Crippen molar-refractivity contribution in [2.45, 2.75) is 34.2 Å². The lowest BCUT2D eigenvalue weighted by molar-refractivity contribution is 0.100. The fourth-order valence-corrected chi connectivity index (χ4v) is 3.05. The van der Waals surface area contributed by atoms with Crippen molar-refractivity contribution in [2.75, 3.05) is 6.54 Å². The molecule has 102 valence electrons. The molecule has 0 fully saturated rings. The molecule has 18 heavy (non-hydrogen) atoms. The monoisotopic (exact) mass is 268 g/mol. The van der Waals surface area contributed by atoms with Gasteiger partial charge < -0.3 is 11.1 Å². The lowest BCUT2D eigenvalue weighted by Crippen LogP contribution is -2.29. The molecular weight excluding hydrogens is 244 g/mol. The van der Waals surface area contributed by atoms with Crippen LogP contribution in [0.2, 0.25) is 0 Å². The molecule has 0 aliphatic rings. The normalized spacial score (nSPS) is 11.7. The van der Waals surface area contributed by atoms with Crippen LogP contribution in [0, 0.1) is 17.8 Å². The highest BCUT2D eigenvalue weighted by Crippen LogP contribution is 2.20. The molecule has 0 saturated carbocycles. The Balaban J connectivity index is 2.42. The Labute approximate surface area is 114 Å². The number of carbonyl (C=O) groups excluding carboxylic acids is 1. The van der Waals surface area contributed by atoms with E-state index in [-0.39, 0.29) is 5.91 Å². The smallest absolute Gasteiger partial charge is 0.249 e. The van der Waals surface area contributed by atoms with Crippen molar-refractivity contribution >= 4 is 17.2 Å². The molecule has 3 nitrogen and oxygen atoms in total. The van der Waals surface area contributed by atoms with E-state index < -0.39 is 0 Å². The van der Waals surface area contributed by atoms with Gasteiger partial charge in [0.25, 0.3) is 0 Å². The fraction of sp³-hybridized carbons (Fsp3) is 0.643. The Kier molecular flexibility index (Phi) is 5.82. The van der Waals surface area contributed by atoms with E-state index in [1.165, 1.54) is 0 Å². The van der Waals surface area contributed by atoms with Crippen LogP contribution in [-0.4, -0.2) is 12.5 Å². The van der Waals surface area contributed by atoms with E-state index in [9.17, 15) is 4.79 Å². The van der Waals surface area contributed by atoms with E-state index in [0.29, 0.717) is 23.3 Å². The second kappa shape index (κ2) is 6.90. The molecule has 0 atom stereocenters. The number of rotatable bonds is 7. The Morgan fingerprint density at radius 1 is 1.33 bits per heavy atom. The summed E-state index contributed by atoms with van der Waals surface area (Å²) >= 11 is 1.58. The minimum Gasteiger partial charge on any atom is -0.366 e. The highest BCUT2D eigenvalue weighted by Gasteiger charge is 2.16. The van der Waals surface area contributed by atoms with E-state index >= 15 is 0 Å². The maximum absolute atomic E-state index is 11.0.